The van der Waals surface area contributed by atoms with Crippen molar-refractivity contribution in [1.29, 1.82) is 0 Å². The zero-order valence-electron chi connectivity index (χ0n) is 11.4. The van der Waals surface area contributed by atoms with Gasteiger partial charge < -0.3 is 4.98 Å². The summed E-state index contributed by atoms with van der Waals surface area (Å²) in [5.74, 6) is 1.99. The molecule has 1 heterocycles. The van der Waals surface area contributed by atoms with Crippen LogP contribution in [0.4, 0.5) is 0 Å². The highest BCUT2D eigenvalue weighted by Gasteiger charge is 2.25. The summed E-state index contributed by atoms with van der Waals surface area (Å²) in [7, 11) is 0. The molecule has 4 heteroatoms. The molecular weight excluding hydrogens is 363 g/mol. The third kappa shape index (κ3) is 2.66. The molecule has 0 saturated heterocycles. The lowest BCUT2D eigenvalue weighted by molar-refractivity contribution is 0.584. The molecular formula is C16H17IN2O. The fourth-order valence-corrected chi connectivity index (χ4v) is 3.48. The van der Waals surface area contributed by atoms with Gasteiger partial charge in [-0.25, -0.2) is 4.98 Å². The number of hydrogen-bond donors (Lipinski definition) is 1. The number of rotatable bonds is 2. The van der Waals surface area contributed by atoms with Crippen LogP contribution in [0.2, 0.25) is 0 Å². The van der Waals surface area contributed by atoms with E-state index in [-0.39, 0.29) is 5.56 Å². The number of H-pyrrole nitrogens is 1. The van der Waals surface area contributed by atoms with E-state index in [9.17, 15) is 4.79 Å². The number of aromatic amines is 1. The van der Waals surface area contributed by atoms with E-state index in [4.69, 9.17) is 4.98 Å². The van der Waals surface area contributed by atoms with E-state index in [1.54, 1.807) is 0 Å². The number of aromatic nitrogens is 2. The summed E-state index contributed by atoms with van der Waals surface area (Å²) in [5.41, 5.74) is 1.80. The maximum absolute atomic E-state index is 12.2. The Kier molecular flexibility index (Phi) is 3.92. The van der Waals surface area contributed by atoms with E-state index < -0.39 is 0 Å². The first-order valence-electron chi connectivity index (χ1n) is 7.00. The van der Waals surface area contributed by atoms with Gasteiger partial charge in [-0.2, -0.15) is 0 Å². The van der Waals surface area contributed by atoms with Gasteiger partial charge in [-0.1, -0.05) is 37.3 Å². The molecule has 1 saturated carbocycles. The highest BCUT2D eigenvalue weighted by molar-refractivity contribution is 14.1. The highest BCUT2D eigenvalue weighted by atomic mass is 127. The Morgan fingerprint density at radius 3 is 2.65 bits per heavy atom. The van der Waals surface area contributed by atoms with Crippen molar-refractivity contribution in [2.45, 2.75) is 32.1 Å². The third-order valence-corrected chi connectivity index (χ3v) is 5.01. The van der Waals surface area contributed by atoms with Crippen molar-refractivity contribution >= 4 is 22.6 Å². The lowest BCUT2D eigenvalue weighted by Crippen LogP contribution is -2.18. The first kappa shape index (κ1) is 13.8. The van der Waals surface area contributed by atoms with Crippen LogP contribution in [0.3, 0.4) is 0 Å². The fourth-order valence-electron chi connectivity index (χ4n) is 2.91. The quantitative estimate of drug-likeness (QED) is 0.803. The molecule has 1 N–H and O–H groups in total. The maximum Gasteiger partial charge on any atom is 0.264 e. The van der Waals surface area contributed by atoms with E-state index >= 15 is 0 Å². The van der Waals surface area contributed by atoms with Gasteiger partial charge in [-0.3, -0.25) is 4.79 Å². The van der Waals surface area contributed by atoms with E-state index in [2.05, 4.69) is 34.5 Å². The number of halogens is 1. The Morgan fingerprint density at radius 1 is 1.25 bits per heavy atom. The normalized spacial score (nSPS) is 22.1. The van der Waals surface area contributed by atoms with Crippen LogP contribution in [0.25, 0.3) is 11.3 Å². The average molecular weight is 380 g/mol. The van der Waals surface area contributed by atoms with Gasteiger partial charge in [0, 0.05) is 11.5 Å². The minimum absolute atomic E-state index is 0.0194. The van der Waals surface area contributed by atoms with Gasteiger partial charge in [-0.05, 0) is 47.8 Å². The lowest BCUT2D eigenvalue weighted by atomic mass is 10.0. The van der Waals surface area contributed by atoms with Crippen molar-refractivity contribution in [2.75, 3.05) is 0 Å². The number of nitrogens with one attached hydrogen (secondary N) is 1. The van der Waals surface area contributed by atoms with Crippen LogP contribution in [0.1, 0.15) is 37.9 Å². The van der Waals surface area contributed by atoms with Crippen molar-refractivity contribution in [1.82, 2.24) is 9.97 Å². The zero-order chi connectivity index (χ0) is 14.1. The highest BCUT2D eigenvalue weighted by Crippen LogP contribution is 2.36. The molecule has 0 amide bonds. The Labute approximate surface area is 132 Å². The monoisotopic (exact) mass is 380 g/mol. The van der Waals surface area contributed by atoms with Crippen LogP contribution in [0, 0.1) is 9.49 Å². The van der Waals surface area contributed by atoms with Crippen molar-refractivity contribution in [3.8, 4) is 11.3 Å². The van der Waals surface area contributed by atoms with Crippen molar-refractivity contribution < 1.29 is 0 Å². The fraction of sp³-hybridized carbons (Fsp3) is 0.375. The van der Waals surface area contributed by atoms with E-state index in [0.29, 0.717) is 9.49 Å². The summed E-state index contributed by atoms with van der Waals surface area (Å²) in [6.07, 6.45) is 3.47. The van der Waals surface area contributed by atoms with Crippen LogP contribution < -0.4 is 5.56 Å². The molecule has 3 nitrogen and oxygen atoms in total. The van der Waals surface area contributed by atoms with Gasteiger partial charge >= 0.3 is 0 Å². The maximum atomic E-state index is 12.2. The predicted molar refractivity (Wildman–Crippen MR) is 88.8 cm³/mol. The van der Waals surface area contributed by atoms with Gasteiger partial charge in [0.1, 0.15) is 9.39 Å². The summed E-state index contributed by atoms with van der Waals surface area (Å²) < 4.78 is 0.670. The topological polar surface area (TPSA) is 45.8 Å². The second-order valence-corrected chi connectivity index (χ2v) is 6.67. The van der Waals surface area contributed by atoms with E-state index in [0.717, 1.165) is 35.8 Å². The summed E-state index contributed by atoms with van der Waals surface area (Å²) in [4.78, 5) is 19.9. The summed E-state index contributed by atoms with van der Waals surface area (Å²) in [5, 5.41) is 0. The molecule has 1 aromatic carbocycles. The largest absolute Gasteiger partial charge is 0.309 e. The Morgan fingerprint density at radius 2 is 2.00 bits per heavy atom. The minimum atomic E-state index is -0.0194. The predicted octanol–water partition coefficient (Wildman–Crippen LogP) is 3.95. The molecule has 0 radical (unpaired) electrons. The van der Waals surface area contributed by atoms with Gasteiger partial charge in [0.05, 0.1) is 5.69 Å². The van der Waals surface area contributed by atoms with Crippen molar-refractivity contribution in [2.24, 2.45) is 5.92 Å². The molecule has 20 heavy (non-hydrogen) atoms. The SMILES string of the molecule is CC1CCC(c2nc(-c3ccccc3)c(I)c(=O)[nH]2)C1. The molecule has 0 aliphatic heterocycles. The standard InChI is InChI=1S/C16H17IN2O/c1-10-7-8-12(9-10)15-18-14(13(17)16(20)19-15)11-5-3-2-4-6-11/h2-6,10,12H,7-9H2,1H3,(H,18,19,20). The molecule has 2 unspecified atom stereocenters. The Hall–Kier alpha value is -1.17. The molecule has 1 aliphatic rings. The first-order chi connectivity index (χ1) is 9.65. The number of benzene rings is 1. The van der Waals surface area contributed by atoms with Crippen molar-refractivity contribution in [3.63, 3.8) is 0 Å². The third-order valence-electron chi connectivity index (χ3n) is 4.01. The van der Waals surface area contributed by atoms with E-state index in [1.807, 2.05) is 30.3 Å². The molecule has 2 atom stereocenters. The average Bonchev–Trinajstić information content (AvgIpc) is 2.89. The van der Waals surface area contributed by atoms with Crippen molar-refractivity contribution in [3.05, 3.63) is 50.1 Å². The van der Waals surface area contributed by atoms with Gasteiger partial charge in [0.2, 0.25) is 0 Å². The minimum Gasteiger partial charge on any atom is -0.309 e. The molecule has 0 bridgehead atoms. The zero-order valence-corrected chi connectivity index (χ0v) is 13.6. The molecule has 1 fully saturated rings. The Balaban J connectivity index is 2.07. The summed E-state index contributed by atoms with van der Waals surface area (Å²) in [6, 6.07) is 9.94. The van der Waals surface area contributed by atoms with Gasteiger partial charge in [0.25, 0.3) is 5.56 Å². The van der Waals surface area contributed by atoms with Crippen LogP contribution in [0.15, 0.2) is 35.1 Å². The second-order valence-electron chi connectivity index (χ2n) is 5.59. The van der Waals surface area contributed by atoms with Crippen LogP contribution in [0.5, 0.6) is 0 Å². The second kappa shape index (κ2) is 5.68. The molecule has 1 aliphatic carbocycles. The van der Waals surface area contributed by atoms with Crippen LogP contribution in [-0.2, 0) is 0 Å². The molecule has 0 spiro atoms. The smallest absolute Gasteiger partial charge is 0.264 e. The molecule has 1 aromatic heterocycles. The van der Waals surface area contributed by atoms with Crippen LogP contribution in [-0.4, -0.2) is 9.97 Å². The van der Waals surface area contributed by atoms with Gasteiger partial charge in [0.15, 0.2) is 0 Å². The molecule has 2 aromatic rings. The van der Waals surface area contributed by atoms with E-state index in [1.165, 1.54) is 6.42 Å². The molecule has 3 rings (SSSR count). The molecule has 104 valence electrons. The Bertz CT molecular complexity index is 666. The number of nitrogens with zero attached hydrogens (tertiary/aromatic N) is 1. The summed E-state index contributed by atoms with van der Waals surface area (Å²) in [6.45, 7) is 2.27. The van der Waals surface area contributed by atoms with Crippen LogP contribution >= 0.6 is 22.6 Å². The van der Waals surface area contributed by atoms with Gasteiger partial charge in [-0.15, -0.1) is 0 Å². The lowest BCUT2D eigenvalue weighted by Gasteiger charge is -2.12. The summed E-state index contributed by atoms with van der Waals surface area (Å²) >= 11 is 2.09. The first-order valence-corrected chi connectivity index (χ1v) is 8.08. The number of hydrogen-bond acceptors (Lipinski definition) is 2.